The van der Waals surface area contributed by atoms with E-state index in [1.165, 1.54) is 11.8 Å². The number of alkyl carbamates (subject to hydrolysis) is 1. The summed E-state index contributed by atoms with van der Waals surface area (Å²) in [6, 6.07) is 5.61. The monoisotopic (exact) mass is 672 g/mol. The van der Waals surface area contributed by atoms with E-state index in [1.54, 1.807) is 6.07 Å². The van der Waals surface area contributed by atoms with Crippen molar-refractivity contribution in [2.24, 2.45) is 0 Å². The zero-order chi connectivity index (χ0) is 34.8. The lowest BCUT2D eigenvalue weighted by Gasteiger charge is -2.30. The van der Waals surface area contributed by atoms with Crippen molar-refractivity contribution in [1.82, 2.24) is 25.1 Å². The van der Waals surface area contributed by atoms with Gasteiger partial charge in [0.1, 0.15) is 16.2 Å². The number of nitrogens with two attached hydrogens (primary N) is 1. The maximum atomic E-state index is 13.3. The van der Waals surface area contributed by atoms with Crippen LogP contribution in [0, 0.1) is 13.8 Å². The Hall–Kier alpha value is -3.42. The lowest BCUT2D eigenvalue weighted by atomic mass is 9.97. The predicted octanol–water partition coefficient (Wildman–Crippen LogP) is 4.86. The van der Waals surface area contributed by atoms with E-state index in [0.29, 0.717) is 67.7 Å². The molecule has 2 heterocycles. The fraction of sp³-hybridized carbons (Fsp3) is 0.618. The molecule has 1 aromatic heterocycles. The summed E-state index contributed by atoms with van der Waals surface area (Å²) in [7, 11) is 0. The number of hydrogen-bond donors (Lipinski definition) is 2. The molecule has 1 saturated heterocycles. The van der Waals surface area contributed by atoms with Crippen LogP contribution < -0.4 is 11.1 Å². The maximum absolute atomic E-state index is 13.3. The van der Waals surface area contributed by atoms with E-state index in [9.17, 15) is 14.4 Å². The van der Waals surface area contributed by atoms with E-state index in [-0.39, 0.29) is 11.9 Å². The fourth-order valence-corrected chi connectivity index (χ4v) is 5.82. The smallest absolute Gasteiger partial charge is 0.407 e. The van der Waals surface area contributed by atoms with Gasteiger partial charge in [0.2, 0.25) is 11.9 Å². The number of rotatable bonds is 13. The van der Waals surface area contributed by atoms with Gasteiger partial charge in [0, 0.05) is 57.0 Å². The summed E-state index contributed by atoms with van der Waals surface area (Å²) < 4.78 is 16.4. The second kappa shape index (κ2) is 17.1. The van der Waals surface area contributed by atoms with Crippen molar-refractivity contribution >= 4 is 35.7 Å². The third kappa shape index (κ3) is 13.3. The molecule has 0 bridgehead atoms. The molecule has 1 aliphatic heterocycles. The van der Waals surface area contributed by atoms with Crippen LogP contribution in [0.1, 0.15) is 75.9 Å². The number of esters is 1. The first kappa shape index (κ1) is 38.0. The molecule has 260 valence electrons. The second-order valence-electron chi connectivity index (χ2n) is 13.6. The van der Waals surface area contributed by atoms with Crippen LogP contribution in [0.2, 0.25) is 0 Å². The van der Waals surface area contributed by atoms with Gasteiger partial charge in [-0.05, 0) is 85.1 Å². The molecular formula is C34H52N6O6S. The molecular weight excluding hydrogens is 620 g/mol. The summed E-state index contributed by atoms with van der Waals surface area (Å²) in [4.78, 5) is 51.3. The molecule has 0 spiro atoms. The number of ether oxygens (including phenoxy) is 3. The lowest BCUT2D eigenvalue weighted by Crippen LogP contribution is -2.43. The number of hydrogen-bond acceptors (Lipinski definition) is 11. The number of carbonyl (C=O) groups is 3. The summed E-state index contributed by atoms with van der Waals surface area (Å²) >= 11 is 1.49. The van der Waals surface area contributed by atoms with Crippen molar-refractivity contribution in [3.05, 3.63) is 34.9 Å². The SMILES string of the molecule is Cc1cc(C)c(-c2cc(SCCN(CCN3CCOCC3)C(=O)CCCNC(=O)OC(C)(C)C)nc(N)n2)cc1C(=O)OC(C)(C)C. The summed E-state index contributed by atoms with van der Waals surface area (Å²) in [5.74, 6) is 0.353. The molecule has 0 aliphatic carbocycles. The topological polar surface area (TPSA) is 149 Å². The molecule has 0 saturated carbocycles. The summed E-state index contributed by atoms with van der Waals surface area (Å²) in [6.07, 6.45) is 0.323. The third-order valence-corrected chi connectivity index (χ3v) is 8.07. The minimum atomic E-state index is -0.619. The van der Waals surface area contributed by atoms with Crippen molar-refractivity contribution in [1.29, 1.82) is 0 Å². The number of anilines is 1. The van der Waals surface area contributed by atoms with Crippen LogP contribution in [-0.2, 0) is 19.0 Å². The molecule has 1 aromatic carbocycles. The van der Waals surface area contributed by atoms with Crippen LogP contribution in [0.15, 0.2) is 23.2 Å². The first-order valence-corrected chi connectivity index (χ1v) is 17.2. The highest BCUT2D eigenvalue weighted by atomic mass is 32.2. The Morgan fingerprint density at radius 1 is 0.979 bits per heavy atom. The molecule has 47 heavy (non-hydrogen) atoms. The second-order valence-corrected chi connectivity index (χ2v) is 14.8. The van der Waals surface area contributed by atoms with Crippen molar-refractivity contribution < 1.29 is 28.6 Å². The molecule has 2 aromatic rings. The molecule has 3 N–H and O–H groups in total. The molecule has 13 heteroatoms. The van der Waals surface area contributed by atoms with E-state index in [0.717, 1.165) is 36.3 Å². The number of benzene rings is 1. The quantitative estimate of drug-likeness (QED) is 0.130. The van der Waals surface area contributed by atoms with Crippen LogP contribution in [-0.4, -0.2) is 107 Å². The number of carbonyl (C=O) groups excluding carboxylic acids is 3. The van der Waals surface area contributed by atoms with Gasteiger partial charge in [-0.25, -0.2) is 19.6 Å². The van der Waals surface area contributed by atoms with Gasteiger partial charge in [0.25, 0.3) is 0 Å². The number of amides is 2. The number of nitrogens with zero attached hydrogens (tertiary/aromatic N) is 4. The molecule has 0 radical (unpaired) electrons. The van der Waals surface area contributed by atoms with E-state index < -0.39 is 23.3 Å². The Labute approximate surface area is 283 Å². The van der Waals surface area contributed by atoms with Gasteiger partial charge in [-0.1, -0.05) is 6.07 Å². The number of thioether (sulfide) groups is 1. The van der Waals surface area contributed by atoms with Gasteiger partial charge in [0.05, 0.1) is 24.5 Å². The Morgan fingerprint density at radius 3 is 2.32 bits per heavy atom. The van der Waals surface area contributed by atoms with Crippen molar-refractivity contribution in [3.63, 3.8) is 0 Å². The number of nitrogens with one attached hydrogen (secondary N) is 1. The van der Waals surface area contributed by atoms with Crippen molar-refractivity contribution in [2.45, 2.75) is 84.5 Å². The molecule has 2 amide bonds. The number of aryl methyl sites for hydroxylation is 2. The van der Waals surface area contributed by atoms with Gasteiger partial charge in [-0.2, -0.15) is 0 Å². The average Bonchev–Trinajstić information content (AvgIpc) is 2.95. The van der Waals surface area contributed by atoms with Crippen LogP contribution in [0.4, 0.5) is 10.7 Å². The fourth-order valence-electron chi connectivity index (χ4n) is 4.95. The Balaban J connectivity index is 1.67. The highest BCUT2D eigenvalue weighted by molar-refractivity contribution is 7.99. The van der Waals surface area contributed by atoms with Crippen LogP contribution >= 0.6 is 11.8 Å². The lowest BCUT2D eigenvalue weighted by molar-refractivity contribution is -0.131. The Kier molecular flexibility index (Phi) is 13.9. The summed E-state index contributed by atoms with van der Waals surface area (Å²) in [5.41, 5.74) is 8.57. The molecule has 0 atom stereocenters. The van der Waals surface area contributed by atoms with Gasteiger partial charge in [0.15, 0.2) is 0 Å². The van der Waals surface area contributed by atoms with Crippen molar-refractivity contribution in [2.75, 3.05) is 64.0 Å². The standard InChI is InChI=1S/C34H52N6O6S/c1-23-20-24(2)26(30(42)45-33(3,4)5)21-25(23)27-22-28(38-31(35)37-27)47-19-16-40(13-12-39-14-17-44-18-15-39)29(41)10-9-11-36-32(43)46-34(6,7)8/h20-22H,9-19H2,1-8H3,(H,36,43)(H2,35,37,38). The van der Waals surface area contributed by atoms with E-state index in [2.05, 4.69) is 20.2 Å². The zero-order valence-electron chi connectivity index (χ0n) is 29.2. The third-order valence-electron chi connectivity index (χ3n) is 7.18. The maximum Gasteiger partial charge on any atom is 0.407 e. The van der Waals surface area contributed by atoms with Gasteiger partial charge in [-0.15, -0.1) is 11.8 Å². The molecule has 1 aliphatic rings. The molecule has 1 fully saturated rings. The van der Waals surface area contributed by atoms with Crippen molar-refractivity contribution in [3.8, 4) is 11.3 Å². The van der Waals surface area contributed by atoms with Crippen LogP contribution in [0.25, 0.3) is 11.3 Å². The van der Waals surface area contributed by atoms with Crippen LogP contribution in [0.3, 0.4) is 0 Å². The van der Waals surface area contributed by atoms with Crippen LogP contribution in [0.5, 0.6) is 0 Å². The van der Waals surface area contributed by atoms with Gasteiger partial charge in [-0.3, -0.25) is 9.69 Å². The van der Waals surface area contributed by atoms with E-state index in [1.807, 2.05) is 72.4 Å². The molecule has 3 rings (SSSR count). The van der Waals surface area contributed by atoms with E-state index >= 15 is 0 Å². The predicted molar refractivity (Wildman–Crippen MR) is 185 cm³/mol. The number of morpholine rings is 1. The van der Waals surface area contributed by atoms with E-state index in [4.69, 9.17) is 19.9 Å². The zero-order valence-corrected chi connectivity index (χ0v) is 30.1. The summed E-state index contributed by atoms with van der Waals surface area (Å²) in [5, 5.41) is 3.40. The first-order valence-electron chi connectivity index (χ1n) is 16.2. The first-order chi connectivity index (χ1) is 22.0. The minimum absolute atomic E-state index is 0.0256. The van der Waals surface area contributed by atoms with Gasteiger partial charge >= 0.3 is 12.1 Å². The number of nitrogen functional groups attached to an aromatic ring is 1. The Bertz CT molecular complexity index is 1380. The Morgan fingerprint density at radius 2 is 1.66 bits per heavy atom. The number of aromatic nitrogens is 2. The summed E-state index contributed by atoms with van der Waals surface area (Å²) in [6.45, 7) is 20.1. The minimum Gasteiger partial charge on any atom is -0.456 e. The highest BCUT2D eigenvalue weighted by Gasteiger charge is 2.22. The normalized spacial score (nSPS) is 14.0. The molecule has 0 unspecified atom stereocenters. The molecule has 12 nitrogen and oxygen atoms in total. The average molecular weight is 673 g/mol. The van der Waals surface area contributed by atoms with Gasteiger partial charge < -0.3 is 30.2 Å². The highest BCUT2D eigenvalue weighted by Crippen LogP contribution is 2.29. The largest absolute Gasteiger partial charge is 0.456 e.